The average Bonchev–Trinajstić information content (AvgIpc) is 2.46. The number of hydrogen-bond acceptors (Lipinski definition) is 2. The van der Waals surface area contributed by atoms with Crippen LogP contribution in [0, 0.1) is 5.92 Å². The van der Waals surface area contributed by atoms with Gasteiger partial charge in [0.2, 0.25) is 0 Å². The number of hydrogen-bond donors (Lipinski definition) is 1. The Morgan fingerprint density at radius 2 is 1.65 bits per heavy atom. The average molecular weight is 283 g/mol. The van der Waals surface area contributed by atoms with Gasteiger partial charge in [-0.15, -0.1) is 0 Å². The standard InChI is InChI=1S/C18H38N2/c1-4-6-13-17-14-11-9-8-10-12-16-20(3)18(17)19-15-7-5-2/h17-19H,4-16H2,1-3H3. The molecule has 1 saturated heterocycles. The highest BCUT2D eigenvalue weighted by atomic mass is 15.2. The molecule has 1 aliphatic rings. The van der Waals surface area contributed by atoms with Crippen molar-refractivity contribution in [2.24, 2.45) is 5.92 Å². The topological polar surface area (TPSA) is 15.3 Å². The summed E-state index contributed by atoms with van der Waals surface area (Å²) >= 11 is 0. The number of unbranched alkanes of at least 4 members (excludes halogenated alkanes) is 2. The van der Waals surface area contributed by atoms with Crippen LogP contribution in [0.5, 0.6) is 0 Å². The van der Waals surface area contributed by atoms with Crippen molar-refractivity contribution in [1.29, 1.82) is 0 Å². The van der Waals surface area contributed by atoms with E-state index in [0.29, 0.717) is 6.17 Å². The van der Waals surface area contributed by atoms with E-state index in [0.717, 1.165) is 5.92 Å². The molecule has 1 heterocycles. The highest BCUT2D eigenvalue weighted by molar-refractivity contribution is 4.77. The SMILES string of the molecule is CCCCNC1C(CCCC)CCCCCCCN1C. The lowest BCUT2D eigenvalue weighted by Gasteiger charge is -2.36. The Bertz CT molecular complexity index is 217. The van der Waals surface area contributed by atoms with Gasteiger partial charge in [0.25, 0.3) is 0 Å². The third-order valence-corrected chi connectivity index (χ3v) is 4.82. The van der Waals surface area contributed by atoms with E-state index in [1.807, 2.05) is 0 Å². The van der Waals surface area contributed by atoms with E-state index in [4.69, 9.17) is 0 Å². The maximum atomic E-state index is 3.87. The first-order chi connectivity index (χ1) is 9.79. The normalized spacial score (nSPS) is 26.6. The van der Waals surface area contributed by atoms with E-state index in [-0.39, 0.29) is 0 Å². The molecule has 1 rings (SSSR count). The molecule has 20 heavy (non-hydrogen) atoms. The Balaban J connectivity index is 2.59. The first-order valence-electron chi connectivity index (χ1n) is 9.23. The van der Waals surface area contributed by atoms with Crippen molar-refractivity contribution < 1.29 is 0 Å². The molecule has 0 aromatic heterocycles. The molecule has 1 fully saturated rings. The van der Waals surface area contributed by atoms with Crippen molar-refractivity contribution in [3.8, 4) is 0 Å². The van der Waals surface area contributed by atoms with Crippen LogP contribution < -0.4 is 5.32 Å². The number of nitrogens with zero attached hydrogens (tertiary/aromatic N) is 1. The quantitative estimate of drug-likeness (QED) is 0.675. The second-order valence-corrected chi connectivity index (χ2v) is 6.69. The third-order valence-electron chi connectivity index (χ3n) is 4.82. The van der Waals surface area contributed by atoms with Crippen LogP contribution in [0.4, 0.5) is 0 Å². The monoisotopic (exact) mass is 282 g/mol. The molecule has 0 spiro atoms. The van der Waals surface area contributed by atoms with Crippen LogP contribution in [0.1, 0.15) is 84.5 Å². The zero-order valence-corrected chi connectivity index (χ0v) is 14.3. The van der Waals surface area contributed by atoms with Gasteiger partial charge in [-0.05, 0) is 51.7 Å². The Morgan fingerprint density at radius 1 is 0.950 bits per heavy atom. The van der Waals surface area contributed by atoms with Crippen molar-refractivity contribution in [3.05, 3.63) is 0 Å². The first kappa shape index (κ1) is 18.0. The number of nitrogens with one attached hydrogen (secondary N) is 1. The molecular formula is C18H38N2. The Hall–Kier alpha value is -0.0800. The molecule has 2 nitrogen and oxygen atoms in total. The zero-order valence-electron chi connectivity index (χ0n) is 14.3. The summed E-state index contributed by atoms with van der Waals surface area (Å²) in [6.45, 7) is 7.07. The van der Waals surface area contributed by atoms with E-state index >= 15 is 0 Å². The van der Waals surface area contributed by atoms with Gasteiger partial charge in [-0.3, -0.25) is 4.90 Å². The van der Waals surface area contributed by atoms with Gasteiger partial charge in [0.05, 0.1) is 6.17 Å². The molecule has 0 bridgehead atoms. The van der Waals surface area contributed by atoms with Gasteiger partial charge in [-0.1, -0.05) is 58.8 Å². The fraction of sp³-hybridized carbons (Fsp3) is 1.00. The first-order valence-corrected chi connectivity index (χ1v) is 9.23. The van der Waals surface area contributed by atoms with Crippen LogP contribution in [0.3, 0.4) is 0 Å². The molecule has 0 aliphatic carbocycles. The van der Waals surface area contributed by atoms with Crippen LogP contribution >= 0.6 is 0 Å². The Morgan fingerprint density at radius 3 is 2.40 bits per heavy atom. The Kier molecular flexibility index (Phi) is 10.4. The molecule has 0 aromatic rings. The van der Waals surface area contributed by atoms with Gasteiger partial charge in [0, 0.05) is 0 Å². The molecule has 1 aliphatic heterocycles. The second kappa shape index (κ2) is 11.6. The van der Waals surface area contributed by atoms with E-state index < -0.39 is 0 Å². The molecular weight excluding hydrogens is 244 g/mol. The summed E-state index contributed by atoms with van der Waals surface area (Å²) in [5, 5.41) is 3.87. The summed E-state index contributed by atoms with van der Waals surface area (Å²) in [6, 6.07) is 0. The summed E-state index contributed by atoms with van der Waals surface area (Å²) in [6.07, 6.45) is 15.9. The minimum atomic E-state index is 0.617. The smallest absolute Gasteiger partial charge is 0.0623 e. The third kappa shape index (κ3) is 7.08. The molecule has 0 radical (unpaired) electrons. The van der Waals surface area contributed by atoms with Gasteiger partial charge < -0.3 is 5.32 Å². The van der Waals surface area contributed by atoms with Gasteiger partial charge in [-0.25, -0.2) is 0 Å². The molecule has 0 saturated carbocycles. The van der Waals surface area contributed by atoms with E-state index in [2.05, 4.69) is 31.1 Å². The molecule has 2 heteroatoms. The minimum absolute atomic E-state index is 0.617. The lowest BCUT2D eigenvalue weighted by atomic mass is 9.90. The van der Waals surface area contributed by atoms with Crippen LogP contribution in [-0.4, -0.2) is 31.2 Å². The van der Waals surface area contributed by atoms with Crippen LogP contribution in [0.15, 0.2) is 0 Å². The molecule has 120 valence electrons. The largest absolute Gasteiger partial charge is 0.302 e. The highest BCUT2D eigenvalue weighted by Crippen LogP contribution is 2.24. The van der Waals surface area contributed by atoms with Crippen molar-refractivity contribution in [2.75, 3.05) is 20.1 Å². The Labute approximate surface area is 127 Å². The summed E-state index contributed by atoms with van der Waals surface area (Å²) < 4.78 is 0. The second-order valence-electron chi connectivity index (χ2n) is 6.69. The maximum absolute atomic E-state index is 3.87. The van der Waals surface area contributed by atoms with Crippen molar-refractivity contribution in [3.63, 3.8) is 0 Å². The predicted octanol–water partition coefficient (Wildman–Crippen LogP) is 4.79. The van der Waals surface area contributed by atoms with Gasteiger partial charge in [0.15, 0.2) is 0 Å². The molecule has 0 aromatic carbocycles. The zero-order chi connectivity index (χ0) is 14.6. The van der Waals surface area contributed by atoms with Crippen molar-refractivity contribution >= 4 is 0 Å². The fourth-order valence-electron chi connectivity index (χ4n) is 3.47. The summed E-state index contributed by atoms with van der Waals surface area (Å²) in [4.78, 5) is 2.61. The summed E-state index contributed by atoms with van der Waals surface area (Å²) in [7, 11) is 2.34. The van der Waals surface area contributed by atoms with Gasteiger partial charge in [0.1, 0.15) is 0 Å². The molecule has 0 amide bonds. The van der Waals surface area contributed by atoms with E-state index in [1.54, 1.807) is 0 Å². The van der Waals surface area contributed by atoms with Gasteiger partial charge in [-0.2, -0.15) is 0 Å². The van der Waals surface area contributed by atoms with E-state index in [1.165, 1.54) is 83.7 Å². The molecule has 1 N–H and O–H groups in total. The van der Waals surface area contributed by atoms with Crippen LogP contribution in [0.2, 0.25) is 0 Å². The van der Waals surface area contributed by atoms with Gasteiger partial charge >= 0.3 is 0 Å². The fourth-order valence-corrected chi connectivity index (χ4v) is 3.47. The lowest BCUT2D eigenvalue weighted by molar-refractivity contribution is 0.118. The number of rotatable bonds is 7. The molecule has 2 unspecified atom stereocenters. The van der Waals surface area contributed by atoms with Crippen LogP contribution in [-0.2, 0) is 0 Å². The maximum Gasteiger partial charge on any atom is 0.0623 e. The van der Waals surface area contributed by atoms with Crippen LogP contribution in [0.25, 0.3) is 0 Å². The predicted molar refractivity (Wildman–Crippen MR) is 90.0 cm³/mol. The molecule has 2 atom stereocenters. The summed E-state index contributed by atoms with van der Waals surface area (Å²) in [5.74, 6) is 0.856. The minimum Gasteiger partial charge on any atom is -0.302 e. The highest BCUT2D eigenvalue weighted by Gasteiger charge is 2.24. The van der Waals surface area contributed by atoms with Crippen molar-refractivity contribution in [1.82, 2.24) is 10.2 Å². The lowest BCUT2D eigenvalue weighted by Crippen LogP contribution is -2.49. The summed E-state index contributed by atoms with van der Waals surface area (Å²) in [5.41, 5.74) is 0. The van der Waals surface area contributed by atoms with Crippen molar-refractivity contribution in [2.45, 2.75) is 90.6 Å². The van der Waals surface area contributed by atoms with E-state index in [9.17, 15) is 0 Å².